The lowest BCUT2D eigenvalue weighted by atomic mass is 10.2. The zero-order valence-electron chi connectivity index (χ0n) is 7.50. The Hall–Kier alpha value is -1.32. The van der Waals surface area contributed by atoms with Gasteiger partial charge in [-0.25, -0.2) is 0 Å². The zero-order valence-corrected chi connectivity index (χ0v) is 7.50. The van der Waals surface area contributed by atoms with E-state index in [1.807, 2.05) is 20.2 Å². The van der Waals surface area contributed by atoms with Gasteiger partial charge in [0.1, 0.15) is 0 Å². The molecule has 4 heteroatoms. The van der Waals surface area contributed by atoms with Gasteiger partial charge >= 0.3 is 5.97 Å². The number of carbonyl (C=O) groups excluding carboxylic acids is 1. The summed E-state index contributed by atoms with van der Waals surface area (Å²) in [4.78, 5) is 10.9. The summed E-state index contributed by atoms with van der Waals surface area (Å²) in [6.45, 7) is 1.87. The van der Waals surface area contributed by atoms with E-state index in [-0.39, 0.29) is 5.97 Å². The summed E-state index contributed by atoms with van der Waals surface area (Å²) in [5, 5.41) is 4.11. The molecule has 0 aliphatic carbocycles. The van der Waals surface area contributed by atoms with Crippen molar-refractivity contribution in [1.82, 2.24) is 9.78 Å². The van der Waals surface area contributed by atoms with Crippen LogP contribution in [0.25, 0.3) is 0 Å². The van der Waals surface area contributed by atoms with Gasteiger partial charge in [0.15, 0.2) is 0 Å². The third-order valence-electron chi connectivity index (χ3n) is 1.68. The number of nitrogens with zero attached hydrogens (tertiary/aromatic N) is 2. The lowest BCUT2D eigenvalue weighted by Crippen LogP contribution is -2.04. The van der Waals surface area contributed by atoms with E-state index >= 15 is 0 Å². The van der Waals surface area contributed by atoms with E-state index in [0.29, 0.717) is 6.42 Å². The van der Waals surface area contributed by atoms with Gasteiger partial charge in [-0.15, -0.1) is 0 Å². The number of aryl methyl sites for hydroxylation is 2. The molecule has 0 aliphatic rings. The molecule has 66 valence electrons. The molecule has 0 bridgehead atoms. The molecule has 0 fully saturated rings. The average molecular weight is 168 g/mol. The van der Waals surface area contributed by atoms with Crippen molar-refractivity contribution in [2.75, 3.05) is 7.11 Å². The molecular formula is C8H12N2O2. The van der Waals surface area contributed by atoms with Gasteiger partial charge in [0.25, 0.3) is 0 Å². The molecule has 4 nitrogen and oxygen atoms in total. The fraction of sp³-hybridized carbons (Fsp3) is 0.500. The molecule has 0 aliphatic heterocycles. The predicted molar refractivity (Wildman–Crippen MR) is 43.7 cm³/mol. The van der Waals surface area contributed by atoms with Gasteiger partial charge in [0, 0.05) is 18.8 Å². The lowest BCUT2D eigenvalue weighted by Gasteiger charge is -1.95. The van der Waals surface area contributed by atoms with Crippen molar-refractivity contribution < 1.29 is 9.53 Å². The van der Waals surface area contributed by atoms with Crippen LogP contribution in [0, 0.1) is 6.92 Å². The SMILES string of the molecule is COC(=O)Cc1cn(C)nc1C. The van der Waals surface area contributed by atoms with E-state index in [1.54, 1.807) is 4.68 Å². The number of hydrogen-bond acceptors (Lipinski definition) is 3. The van der Waals surface area contributed by atoms with Gasteiger partial charge in [-0.05, 0) is 6.92 Å². The summed E-state index contributed by atoms with van der Waals surface area (Å²) in [5.41, 5.74) is 1.80. The molecular weight excluding hydrogens is 156 g/mol. The van der Waals surface area contributed by atoms with Crippen molar-refractivity contribution in [2.24, 2.45) is 7.05 Å². The number of ether oxygens (including phenoxy) is 1. The second-order valence-electron chi connectivity index (χ2n) is 2.67. The van der Waals surface area contributed by atoms with Crippen LogP contribution in [0.15, 0.2) is 6.20 Å². The summed E-state index contributed by atoms with van der Waals surface area (Å²) >= 11 is 0. The second-order valence-corrected chi connectivity index (χ2v) is 2.67. The Bertz CT molecular complexity index is 291. The fourth-order valence-corrected chi connectivity index (χ4v) is 1.05. The monoisotopic (exact) mass is 168 g/mol. The first-order valence-electron chi connectivity index (χ1n) is 3.69. The highest BCUT2D eigenvalue weighted by atomic mass is 16.5. The maximum absolute atomic E-state index is 10.9. The number of methoxy groups -OCH3 is 1. The molecule has 0 saturated heterocycles. The highest BCUT2D eigenvalue weighted by Gasteiger charge is 2.07. The normalized spacial score (nSPS) is 9.92. The maximum atomic E-state index is 10.9. The molecule has 1 aromatic heterocycles. The molecule has 1 aromatic rings. The van der Waals surface area contributed by atoms with Crippen molar-refractivity contribution in [3.63, 3.8) is 0 Å². The first-order chi connectivity index (χ1) is 5.63. The van der Waals surface area contributed by atoms with Crippen LogP contribution in [0.4, 0.5) is 0 Å². The highest BCUT2D eigenvalue weighted by molar-refractivity contribution is 5.72. The van der Waals surface area contributed by atoms with Crippen molar-refractivity contribution >= 4 is 5.97 Å². The van der Waals surface area contributed by atoms with Crippen LogP contribution in [0.2, 0.25) is 0 Å². The third kappa shape index (κ3) is 1.84. The minimum absolute atomic E-state index is 0.230. The molecule has 0 atom stereocenters. The lowest BCUT2D eigenvalue weighted by molar-refractivity contribution is -0.139. The zero-order chi connectivity index (χ0) is 9.14. The Morgan fingerprint density at radius 3 is 2.83 bits per heavy atom. The Labute approximate surface area is 71.1 Å². The minimum atomic E-state index is -0.230. The molecule has 1 rings (SSSR count). The largest absolute Gasteiger partial charge is 0.469 e. The van der Waals surface area contributed by atoms with Crippen LogP contribution in [0.3, 0.4) is 0 Å². The molecule has 0 amide bonds. The predicted octanol–water partition coefficient (Wildman–Crippen LogP) is 0.444. The van der Waals surface area contributed by atoms with Crippen LogP contribution in [-0.2, 0) is 23.0 Å². The van der Waals surface area contributed by atoms with Gasteiger partial charge in [0.2, 0.25) is 0 Å². The summed E-state index contributed by atoms with van der Waals surface area (Å²) in [6.07, 6.45) is 2.13. The number of aromatic nitrogens is 2. The number of rotatable bonds is 2. The van der Waals surface area contributed by atoms with Crippen molar-refractivity contribution in [2.45, 2.75) is 13.3 Å². The van der Waals surface area contributed by atoms with Crippen LogP contribution < -0.4 is 0 Å². The van der Waals surface area contributed by atoms with E-state index in [4.69, 9.17) is 0 Å². The molecule has 1 heterocycles. The average Bonchev–Trinajstić information content (AvgIpc) is 2.30. The summed E-state index contributed by atoms with van der Waals surface area (Å²) in [6, 6.07) is 0. The molecule has 0 saturated carbocycles. The Morgan fingerprint density at radius 1 is 1.75 bits per heavy atom. The first-order valence-corrected chi connectivity index (χ1v) is 3.69. The minimum Gasteiger partial charge on any atom is -0.469 e. The maximum Gasteiger partial charge on any atom is 0.310 e. The van der Waals surface area contributed by atoms with Gasteiger partial charge in [0.05, 0.1) is 19.2 Å². The van der Waals surface area contributed by atoms with Crippen LogP contribution in [-0.4, -0.2) is 22.9 Å². The Balaban J connectivity index is 2.75. The van der Waals surface area contributed by atoms with E-state index in [2.05, 4.69) is 9.84 Å². The van der Waals surface area contributed by atoms with E-state index in [0.717, 1.165) is 11.3 Å². The molecule has 0 N–H and O–H groups in total. The Kier molecular flexibility index (Phi) is 2.47. The van der Waals surface area contributed by atoms with Gasteiger partial charge in [-0.3, -0.25) is 9.48 Å². The van der Waals surface area contributed by atoms with E-state index in [9.17, 15) is 4.79 Å². The molecule has 0 unspecified atom stereocenters. The number of hydrogen-bond donors (Lipinski definition) is 0. The van der Waals surface area contributed by atoms with Crippen LogP contribution >= 0.6 is 0 Å². The van der Waals surface area contributed by atoms with E-state index in [1.165, 1.54) is 7.11 Å². The first kappa shape index (κ1) is 8.77. The quantitative estimate of drug-likeness (QED) is 0.602. The fourth-order valence-electron chi connectivity index (χ4n) is 1.05. The van der Waals surface area contributed by atoms with Crippen LogP contribution in [0.1, 0.15) is 11.3 Å². The summed E-state index contributed by atoms with van der Waals surface area (Å²) < 4.78 is 6.23. The van der Waals surface area contributed by atoms with Crippen molar-refractivity contribution in [1.29, 1.82) is 0 Å². The molecule has 0 spiro atoms. The molecule has 0 radical (unpaired) electrons. The summed E-state index contributed by atoms with van der Waals surface area (Å²) in [7, 11) is 3.21. The second kappa shape index (κ2) is 3.38. The number of carbonyl (C=O) groups is 1. The van der Waals surface area contributed by atoms with Gasteiger partial charge in [-0.2, -0.15) is 5.10 Å². The highest BCUT2D eigenvalue weighted by Crippen LogP contribution is 2.05. The molecule has 0 aromatic carbocycles. The van der Waals surface area contributed by atoms with E-state index < -0.39 is 0 Å². The topological polar surface area (TPSA) is 44.1 Å². The number of esters is 1. The summed E-state index contributed by atoms with van der Waals surface area (Å²) in [5.74, 6) is -0.230. The van der Waals surface area contributed by atoms with Gasteiger partial charge < -0.3 is 4.74 Å². The Morgan fingerprint density at radius 2 is 2.42 bits per heavy atom. The standard InChI is InChI=1S/C8H12N2O2/c1-6-7(4-8(11)12-3)5-10(2)9-6/h5H,4H2,1-3H3. The molecule has 12 heavy (non-hydrogen) atoms. The smallest absolute Gasteiger partial charge is 0.310 e. The third-order valence-corrected chi connectivity index (χ3v) is 1.68. The van der Waals surface area contributed by atoms with Crippen LogP contribution in [0.5, 0.6) is 0 Å². The van der Waals surface area contributed by atoms with Crippen molar-refractivity contribution in [3.8, 4) is 0 Å². The van der Waals surface area contributed by atoms with Gasteiger partial charge in [-0.1, -0.05) is 0 Å². The van der Waals surface area contributed by atoms with Crippen molar-refractivity contribution in [3.05, 3.63) is 17.5 Å².